The molecule has 0 bridgehead atoms. The van der Waals surface area contributed by atoms with E-state index in [2.05, 4.69) is 10.4 Å². The molecule has 1 fully saturated rings. The van der Waals surface area contributed by atoms with Crippen molar-refractivity contribution in [2.75, 3.05) is 20.8 Å². The Morgan fingerprint density at radius 2 is 2.03 bits per heavy atom. The summed E-state index contributed by atoms with van der Waals surface area (Å²) in [5, 5.41) is 7.27. The van der Waals surface area contributed by atoms with E-state index in [9.17, 15) is 9.59 Å². The summed E-state index contributed by atoms with van der Waals surface area (Å²) in [6.45, 7) is 0.579. The van der Waals surface area contributed by atoms with Crippen LogP contribution in [0, 0.1) is 0 Å². The van der Waals surface area contributed by atoms with E-state index in [4.69, 9.17) is 13.9 Å². The van der Waals surface area contributed by atoms with Crippen molar-refractivity contribution in [3.05, 3.63) is 52.6 Å². The first kappa shape index (κ1) is 19.8. The zero-order valence-electron chi connectivity index (χ0n) is 17.0. The van der Waals surface area contributed by atoms with Gasteiger partial charge in [0.05, 0.1) is 33.4 Å². The molecule has 0 unspecified atom stereocenters. The molecule has 30 heavy (non-hydrogen) atoms. The fourth-order valence-corrected chi connectivity index (χ4v) is 3.34. The van der Waals surface area contributed by atoms with Gasteiger partial charge in [-0.2, -0.15) is 0 Å². The first-order valence-electron chi connectivity index (χ1n) is 9.81. The van der Waals surface area contributed by atoms with Gasteiger partial charge in [-0.15, -0.1) is 5.10 Å². The number of hydrogen-bond donors (Lipinski definition) is 1. The number of amides is 1. The lowest BCUT2D eigenvalue weighted by Crippen LogP contribution is -2.32. The third-order valence-electron chi connectivity index (χ3n) is 4.98. The van der Waals surface area contributed by atoms with Crippen LogP contribution in [0.5, 0.6) is 11.5 Å². The van der Waals surface area contributed by atoms with Crippen molar-refractivity contribution < 1.29 is 18.7 Å². The molecule has 0 saturated heterocycles. The Kier molecular flexibility index (Phi) is 5.60. The van der Waals surface area contributed by atoms with Crippen molar-refractivity contribution in [3.8, 4) is 23.1 Å². The number of aromatic nitrogens is 3. The van der Waals surface area contributed by atoms with E-state index in [1.165, 1.54) is 4.68 Å². The van der Waals surface area contributed by atoms with Crippen molar-refractivity contribution in [2.45, 2.75) is 31.8 Å². The number of carbonyl (C=O) groups is 1. The number of methoxy groups -OCH3 is 2. The van der Waals surface area contributed by atoms with Crippen LogP contribution in [0.4, 0.5) is 0 Å². The first-order chi connectivity index (χ1) is 14.6. The highest BCUT2D eigenvalue weighted by atomic mass is 16.5. The first-order valence-corrected chi connectivity index (χ1v) is 9.81. The molecule has 9 heteroatoms. The fourth-order valence-electron chi connectivity index (χ4n) is 3.34. The molecule has 2 aromatic heterocycles. The molecule has 9 nitrogen and oxygen atoms in total. The molecule has 1 aromatic carbocycles. The Morgan fingerprint density at radius 3 is 2.70 bits per heavy atom. The van der Waals surface area contributed by atoms with Gasteiger partial charge in [-0.05, 0) is 42.7 Å². The summed E-state index contributed by atoms with van der Waals surface area (Å²) >= 11 is 0. The molecule has 2 heterocycles. The highest BCUT2D eigenvalue weighted by Crippen LogP contribution is 2.36. The van der Waals surface area contributed by atoms with Crippen LogP contribution in [0.1, 0.15) is 24.4 Å². The number of rotatable bonds is 9. The number of furan rings is 1. The van der Waals surface area contributed by atoms with Crippen LogP contribution < -0.4 is 20.5 Å². The normalized spacial score (nSPS) is 13.3. The lowest BCUT2D eigenvalue weighted by atomic mass is 10.1. The molecule has 0 aliphatic heterocycles. The molecule has 1 aliphatic carbocycles. The molecule has 0 spiro atoms. The van der Waals surface area contributed by atoms with Crippen LogP contribution in [0.25, 0.3) is 11.6 Å². The molecule has 4 rings (SSSR count). The molecule has 1 N–H and O–H groups in total. The molecule has 158 valence electrons. The van der Waals surface area contributed by atoms with Crippen LogP contribution in [0.3, 0.4) is 0 Å². The average Bonchev–Trinajstić information content (AvgIpc) is 3.32. The third kappa shape index (κ3) is 4.10. The summed E-state index contributed by atoms with van der Waals surface area (Å²) < 4.78 is 19.0. The van der Waals surface area contributed by atoms with Gasteiger partial charge in [0.15, 0.2) is 17.3 Å². The smallest absolute Gasteiger partial charge is 0.346 e. The van der Waals surface area contributed by atoms with Gasteiger partial charge in [0.1, 0.15) is 0 Å². The van der Waals surface area contributed by atoms with Gasteiger partial charge < -0.3 is 19.2 Å². The van der Waals surface area contributed by atoms with Crippen LogP contribution in [0.15, 0.2) is 45.8 Å². The van der Waals surface area contributed by atoms with E-state index in [0.717, 1.165) is 18.4 Å². The predicted molar refractivity (Wildman–Crippen MR) is 109 cm³/mol. The minimum absolute atomic E-state index is 0.150. The zero-order chi connectivity index (χ0) is 21.1. The van der Waals surface area contributed by atoms with E-state index >= 15 is 0 Å². The van der Waals surface area contributed by atoms with Gasteiger partial charge in [0.2, 0.25) is 11.7 Å². The second-order valence-electron chi connectivity index (χ2n) is 7.12. The largest absolute Gasteiger partial charge is 0.493 e. The van der Waals surface area contributed by atoms with Crippen LogP contribution in [-0.4, -0.2) is 41.0 Å². The van der Waals surface area contributed by atoms with Crippen molar-refractivity contribution >= 4 is 5.91 Å². The van der Waals surface area contributed by atoms with Crippen molar-refractivity contribution in [3.63, 3.8) is 0 Å². The minimum Gasteiger partial charge on any atom is -0.493 e. The SMILES string of the molecule is COc1ccc(CC(=O)NCCn2nc(-c3ccco3)n(C3CC3)c2=O)cc1OC. The topological polar surface area (TPSA) is 101 Å². The summed E-state index contributed by atoms with van der Waals surface area (Å²) in [6, 6.07) is 9.09. The summed E-state index contributed by atoms with van der Waals surface area (Å²) in [7, 11) is 3.12. The van der Waals surface area contributed by atoms with Gasteiger partial charge in [0.25, 0.3) is 0 Å². The van der Waals surface area contributed by atoms with Gasteiger partial charge in [0, 0.05) is 12.6 Å². The maximum Gasteiger partial charge on any atom is 0.346 e. The summed E-state index contributed by atoms with van der Waals surface area (Å²) in [6.07, 6.45) is 3.68. The molecule has 1 aliphatic rings. The third-order valence-corrected chi connectivity index (χ3v) is 4.98. The molecule has 1 amide bonds. The Balaban J connectivity index is 1.38. The quantitative estimate of drug-likeness (QED) is 0.577. The van der Waals surface area contributed by atoms with E-state index in [0.29, 0.717) is 29.6 Å². The van der Waals surface area contributed by atoms with E-state index in [1.54, 1.807) is 49.3 Å². The Morgan fingerprint density at radius 1 is 1.23 bits per heavy atom. The monoisotopic (exact) mass is 412 g/mol. The van der Waals surface area contributed by atoms with Crippen LogP contribution >= 0.6 is 0 Å². The van der Waals surface area contributed by atoms with Crippen molar-refractivity contribution in [2.24, 2.45) is 0 Å². The number of ether oxygens (including phenoxy) is 2. The molecule has 0 atom stereocenters. The number of nitrogens with zero attached hydrogens (tertiary/aromatic N) is 3. The predicted octanol–water partition coefficient (Wildman–Crippen LogP) is 2.02. The second kappa shape index (κ2) is 8.48. The molecule has 0 radical (unpaired) electrons. The Bertz CT molecular complexity index is 1080. The highest BCUT2D eigenvalue weighted by molar-refractivity contribution is 5.78. The van der Waals surface area contributed by atoms with Crippen LogP contribution in [0.2, 0.25) is 0 Å². The standard InChI is InChI=1S/C21H24N4O5/c1-28-16-8-5-14(12-18(16)29-2)13-19(26)22-9-10-24-21(27)25(15-6-7-15)20(23-24)17-4-3-11-30-17/h3-5,8,11-12,15H,6-7,9-10,13H2,1-2H3,(H,22,26). The maximum atomic E-state index is 12.7. The fraction of sp³-hybridized carbons (Fsp3) is 0.381. The van der Waals surface area contributed by atoms with E-state index in [-0.39, 0.29) is 30.6 Å². The summed E-state index contributed by atoms with van der Waals surface area (Å²) in [5.41, 5.74) is 0.624. The van der Waals surface area contributed by atoms with Gasteiger partial charge in [-0.25, -0.2) is 9.48 Å². The number of benzene rings is 1. The summed E-state index contributed by atoms with van der Waals surface area (Å²) in [5.74, 6) is 2.13. The average molecular weight is 412 g/mol. The van der Waals surface area contributed by atoms with Gasteiger partial charge in [-0.3, -0.25) is 9.36 Å². The lowest BCUT2D eigenvalue weighted by molar-refractivity contribution is -0.120. The van der Waals surface area contributed by atoms with Crippen molar-refractivity contribution in [1.82, 2.24) is 19.7 Å². The molecule has 1 saturated carbocycles. The minimum atomic E-state index is -0.182. The van der Waals surface area contributed by atoms with Gasteiger partial charge >= 0.3 is 5.69 Å². The molecular formula is C21H24N4O5. The van der Waals surface area contributed by atoms with Crippen molar-refractivity contribution in [1.29, 1.82) is 0 Å². The number of nitrogens with one attached hydrogen (secondary N) is 1. The molecule has 3 aromatic rings. The Labute approximate surface area is 173 Å². The summed E-state index contributed by atoms with van der Waals surface area (Å²) in [4.78, 5) is 25.1. The lowest BCUT2D eigenvalue weighted by Gasteiger charge is -2.10. The maximum absolute atomic E-state index is 12.7. The highest BCUT2D eigenvalue weighted by Gasteiger charge is 2.31. The Hall–Kier alpha value is -3.49. The second-order valence-corrected chi connectivity index (χ2v) is 7.12. The zero-order valence-corrected chi connectivity index (χ0v) is 17.0. The van der Waals surface area contributed by atoms with Gasteiger partial charge in [-0.1, -0.05) is 6.07 Å². The molecular weight excluding hydrogens is 388 g/mol. The number of carbonyl (C=O) groups excluding carboxylic acids is 1. The van der Waals surface area contributed by atoms with Crippen LogP contribution in [-0.2, 0) is 17.8 Å². The van der Waals surface area contributed by atoms with E-state index in [1.807, 2.05) is 6.07 Å². The number of hydrogen-bond acceptors (Lipinski definition) is 6. The van der Waals surface area contributed by atoms with E-state index < -0.39 is 0 Å².